The maximum Gasteiger partial charge on any atom is 0.382 e. The fraction of sp³-hybridized carbons (Fsp3) is 0.300. The molecule has 0 fully saturated rings. The Morgan fingerprint density at radius 2 is 2.12 bits per heavy atom. The van der Waals surface area contributed by atoms with Gasteiger partial charge in [0, 0.05) is 0 Å². The molecule has 0 aliphatic carbocycles. The first-order chi connectivity index (χ1) is 7.41. The van der Waals surface area contributed by atoms with Crippen LogP contribution in [-0.4, -0.2) is 12.6 Å². The second kappa shape index (κ2) is 4.74. The summed E-state index contributed by atoms with van der Waals surface area (Å²) >= 11 is 5.34. The van der Waals surface area contributed by atoms with E-state index in [9.17, 15) is 18.0 Å². The summed E-state index contributed by atoms with van der Waals surface area (Å²) in [6.45, 7) is 1.17. The molecule has 0 radical (unpaired) electrons. The number of benzene rings is 1. The quantitative estimate of drug-likeness (QED) is 0.773. The Bertz CT molecular complexity index is 407. The van der Waals surface area contributed by atoms with E-state index in [1.54, 1.807) is 0 Å². The topological polar surface area (TPSA) is 26.3 Å². The molecule has 0 unspecified atom stereocenters. The third kappa shape index (κ3) is 2.29. The molecule has 0 saturated carbocycles. The van der Waals surface area contributed by atoms with Gasteiger partial charge in [0.1, 0.15) is 0 Å². The van der Waals surface area contributed by atoms with Gasteiger partial charge in [-0.15, -0.1) is 0 Å². The lowest BCUT2D eigenvalue weighted by molar-refractivity contribution is -0.173. The van der Waals surface area contributed by atoms with Gasteiger partial charge in [-0.25, -0.2) is 9.18 Å². The number of hydrogen-bond acceptors (Lipinski definition) is 2. The smallest absolute Gasteiger partial charge is 0.382 e. The molecular formula is C10H8ClF3O2. The van der Waals surface area contributed by atoms with Crippen LogP contribution in [0.5, 0.6) is 0 Å². The van der Waals surface area contributed by atoms with E-state index in [0.717, 1.165) is 18.2 Å². The van der Waals surface area contributed by atoms with Crippen LogP contribution in [0.4, 0.5) is 13.2 Å². The minimum atomic E-state index is -4.04. The Morgan fingerprint density at radius 3 is 2.69 bits per heavy atom. The van der Waals surface area contributed by atoms with E-state index in [2.05, 4.69) is 4.74 Å². The van der Waals surface area contributed by atoms with Crippen LogP contribution in [0.25, 0.3) is 0 Å². The third-order valence-electron chi connectivity index (χ3n) is 1.82. The monoisotopic (exact) mass is 252 g/mol. The number of carbonyl (C=O) groups excluding carboxylic acids is 1. The number of hydrogen-bond donors (Lipinski definition) is 0. The maximum absolute atomic E-state index is 13.4. The van der Waals surface area contributed by atoms with Crippen molar-refractivity contribution in [1.82, 2.24) is 0 Å². The highest BCUT2D eigenvalue weighted by Gasteiger charge is 2.45. The van der Waals surface area contributed by atoms with Crippen LogP contribution >= 0.6 is 11.6 Å². The minimum absolute atomic E-state index is 0.212. The molecule has 0 atom stereocenters. The van der Waals surface area contributed by atoms with Crippen LogP contribution in [0.3, 0.4) is 0 Å². The Balaban J connectivity index is 3.16. The Kier molecular flexibility index (Phi) is 3.80. The summed E-state index contributed by atoms with van der Waals surface area (Å²) in [5, 5.41) is -0.471. The minimum Gasteiger partial charge on any atom is -0.461 e. The van der Waals surface area contributed by atoms with Gasteiger partial charge >= 0.3 is 11.9 Å². The number of alkyl halides is 2. The van der Waals surface area contributed by atoms with E-state index in [4.69, 9.17) is 11.6 Å². The molecule has 0 aromatic heterocycles. The van der Waals surface area contributed by atoms with Gasteiger partial charge in [0.05, 0.1) is 17.2 Å². The van der Waals surface area contributed by atoms with E-state index in [0.29, 0.717) is 0 Å². The molecule has 2 nitrogen and oxygen atoms in total. The van der Waals surface area contributed by atoms with Gasteiger partial charge in [-0.05, 0) is 19.1 Å². The van der Waals surface area contributed by atoms with Crippen molar-refractivity contribution in [2.24, 2.45) is 0 Å². The number of halogens is 4. The van der Waals surface area contributed by atoms with Crippen LogP contribution in [-0.2, 0) is 15.5 Å². The molecule has 0 amide bonds. The van der Waals surface area contributed by atoms with Gasteiger partial charge < -0.3 is 4.74 Å². The fourth-order valence-electron chi connectivity index (χ4n) is 1.08. The lowest BCUT2D eigenvalue weighted by Crippen LogP contribution is -2.29. The standard InChI is InChI=1S/C10H8ClF3O2/c1-2-16-9(15)10(13,14)6-4-3-5-7(11)8(6)12/h3-5H,2H2,1H3. The highest BCUT2D eigenvalue weighted by Crippen LogP contribution is 2.33. The zero-order valence-electron chi connectivity index (χ0n) is 8.27. The molecule has 1 aromatic carbocycles. The van der Waals surface area contributed by atoms with Crippen molar-refractivity contribution in [2.75, 3.05) is 6.61 Å². The maximum atomic E-state index is 13.4. The zero-order chi connectivity index (χ0) is 12.3. The average Bonchev–Trinajstić information content (AvgIpc) is 2.22. The molecule has 0 bridgehead atoms. The molecule has 0 heterocycles. The van der Waals surface area contributed by atoms with Gasteiger partial charge in [0.15, 0.2) is 5.82 Å². The van der Waals surface area contributed by atoms with E-state index < -0.39 is 28.3 Å². The number of ether oxygens (including phenoxy) is 1. The molecule has 1 rings (SSSR count). The second-order valence-electron chi connectivity index (χ2n) is 2.90. The molecular weight excluding hydrogens is 245 g/mol. The SMILES string of the molecule is CCOC(=O)C(F)(F)c1cccc(Cl)c1F. The number of carbonyl (C=O) groups is 1. The fourth-order valence-corrected chi connectivity index (χ4v) is 1.25. The molecule has 0 spiro atoms. The third-order valence-corrected chi connectivity index (χ3v) is 2.11. The zero-order valence-corrected chi connectivity index (χ0v) is 9.02. The summed E-state index contributed by atoms with van der Waals surface area (Å²) in [7, 11) is 0. The van der Waals surface area contributed by atoms with Crippen LogP contribution in [0, 0.1) is 5.82 Å². The predicted octanol–water partition coefficient (Wildman–Crippen LogP) is 3.13. The summed E-state index contributed by atoms with van der Waals surface area (Å²) in [4.78, 5) is 10.9. The average molecular weight is 253 g/mol. The van der Waals surface area contributed by atoms with Gasteiger partial charge in [0.25, 0.3) is 0 Å². The molecule has 16 heavy (non-hydrogen) atoms. The van der Waals surface area contributed by atoms with Crippen LogP contribution in [0.2, 0.25) is 5.02 Å². The van der Waals surface area contributed by atoms with Gasteiger partial charge in [-0.1, -0.05) is 17.7 Å². The van der Waals surface area contributed by atoms with Crippen LogP contribution in [0.1, 0.15) is 12.5 Å². The van der Waals surface area contributed by atoms with Crippen LogP contribution < -0.4 is 0 Å². The Morgan fingerprint density at radius 1 is 1.50 bits per heavy atom. The van der Waals surface area contributed by atoms with E-state index >= 15 is 0 Å². The van der Waals surface area contributed by atoms with Crippen LogP contribution in [0.15, 0.2) is 18.2 Å². The molecule has 0 saturated heterocycles. The lowest BCUT2D eigenvalue weighted by atomic mass is 10.1. The number of esters is 1. The predicted molar refractivity (Wildman–Crippen MR) is 51.9 cm³/mol. The summed E-state index contributed by atoms with van der Waals surface area (Å²) in [5.74, 6) is -7.15. The molecule has 0 N–H and O–H groups in total. The van der Waals surface area contributed by atoms with E-state index in [1.807, 2.05) is 0 Å². The first kappa shape index (κ1) is 12.8. The summed E-state index contributed by atoms with van der Waals surface area (Å²) < 4.78 is 44.2. The largest absolute Gasteiger partial charge is 0.461 e. The van der Waals surface area contributed by atoms with Gasteiger partial charge in [0.2, 0.25) is 0 Å². The van der Waals surface area contributed by atoms with Crippen molar-refractivity contribution in [2.45, 2.75) is 12.8 Å². The highest BCUT2D eigenvalue weighted by atomic mass is 35.5. The summed E-state index contributed by atoms with van der Waals surface area (Å²) in [6.07, 6.45) is 0. The van der Waals surface area contributed by atoms with Crippen molar-refractivity contribution < 1.29 is 22.7 Å². The lowest BCUT2D eigenvalue weighted by Gasteiger charge is -2.15. The summed E-state index contributed by atoms with van der Waals surface area (Å²) in [5.41, 5.74) is -1.08. The molecule has 88 valence electrons. The van der Waals surface area contributed by atoms with Crippen molar-refractivity contribution in [3.63, 3.8) is 0 Å². The van der Waals surface area contributed by atoms with Crippen molar-refractivity contribution >= 4 is 17.6 Å². The molecule has 6 heteroatoms. The second-order valence-corrected chi connectivity index (χ2v) is 3.30. The van der Waals surface area contributed by atoms with E-state index in [-0.39, 0.29) is 6.61 Å². The van der Waals surface area contributed by atoms with Crippen molar-refractivity contribution in [1.29, 1.82) is 0 Å². The Labute approximate surface area is 95.0 Å². The molecule has 0 aliphatic heterocycles. The Hall–Kier alpha value is -1.23. The van der Waals surface area contributed by atoms with Crippen molar-refractivity contribution in [3.8, 4) is 0 Å². The van der Waals surface area contributed by atoms with Crippen molar-refractivity contribution in [3.05, 3.63) is 34.6 Å². The molecule has 0 aliphatic rings. The van der Waals surface area contributed by atoms with E-state index in [1.165, 1.54) is 6.92 Å². The summed E-state index contributed by atoms with van der Waals surface area (Å²) in [6, 6.07) is 3.04. The van der Waals surface area contributed by atoms with Gasteiger partial charge in [-0.2, -0.15) is 8.78 Å². The highest BCUT2D eigenvalue weighted by molar-refractivity contribution is 6.30. The normalized spacial score (nSPS) is 11.3. The number of rotatable bonds is 3. The first-order valence-electron chi connectivity index (χ1n) is 4.40. The van der Waals surface area contributed by atoms with Gasteiger partial charge in [-0.3, -0.25) is 0 Å². The first-order valence-corrected chi connectivity index (χ1v) is 4.78. The molecule has 1 aromatic rings.